The lowest BCUT2D eigenvalue weighted by molar-refractivity contribution is 0.0503. The van der Waals surface area contributed by atoms with E-state index in [1.165, 1.54) is 0 Å². The van der Waals surface area contributed by atoms with Crippen molar-refractivity contribution in [1.29, 1.82) is 0 Å². The van der Waals surface area contributed by atoms with Gasteiger partial charge in [-0.15, -0.1) is 5.10 Å². The van der Waals surface area contributed by atoms with Crippen LogP contribution in [0.2, 0.25) is 0 Å². The molecule has 0 aliphatic carbocycles. The highest BCUT2D eigenvalue weighted by Crippen LogP contribution is 2.18. The summed E-state index contributed by atoms with van der Waals surface area (Å²) in [5.41, 5.74) is 5.71. The van der Waals surface area contributed by atoms with Gasteiger partial charge in [0.1, 0.15) is 6.73 Å². The first-order valence-corrected chi connectivity index (χ1v) is 5.61. The Morgan fingerprint density at radius 1 is 1.47 bits per heavy atom. The van der Waals surface area contributed by atoms with Gasteiger partial charge in [0.2, 0.25) is 5.95 Å². The average Bonchev–Trinajstić information content (AvgIpc) is 2.37. The minimum absolute atomic E-state index is 0.251. The largest absolute Gasteiger partial charge is 0.366 e. The number of aromatic nitrogens is 3. The van der Waals surface area contributed by atoms with E-state index in [4.69, 9.17) is 10.5 Å². The minimum Gasteiger partial charge on any atom is -0.366 e. The molecule has 2 N–H and O–H groups in total. The SMILES string of the molecule is CC(C)(C)CCOCn1nc(N)nc1Br. The van der Waals surface area contributed by atoms with Crippen LogP contribution in [-0.2, 0) is 11.5 Å². The number of anilines is 1. The van der Waals surface area contributed by atoms with Crippen molar-refractivity contribution in [1.82, 2.24) is 14.8 Å². The maximum Gasteiger partial charge on any atom is 0.240 e. The quantitative estimate of drug-likeness (QED) is 0.855. The summed E-state index contributed by atoms with van der Waals surface area (Å²) >= 11 is 3.24. The normalized spacial score (nSPS) is 12.0. The Morgan fingerprint density at radius 2 is 2.13 bits per heavy atom. The van der Waals surface area contributed by atoms with Gasteiger partial charge < -0.3 is 10.5 Å². The van der Waals surface area contributed by atoms with Gasteiger partial charge in [-0.05, 0) is 27.8 Å². The second-order valence-corrected chi connectivity index (χ2v) is 5.30. The Hall–Kier alpha value is -0.620. The molecule has 1 aromatic heterocycles. The molecule has 0 fully saturated rings. The van der Waals surface area contributed by atoms with Gasteiger partial charge in [-0.3, -0.25) is 0 Å². The molecule has 0 aliphatic heterocycles. The molecule has 0 saturated heterocycles. The average molecular weight is 277 g/mol. The van der Waals surface area contributed by atoms with E-state index in [2.05, 4.69) is 46.8 Å². The van der Waals surface area contributed by atoms with Gasteiger partial charge in [-0.2, -0.15) is 4.98 Å². The molecule has 0 radical (unpaired) electrons. The molecule has 0 amide bonds. The van der Waals surface area contributed by atoms with Gasteiger partial charge in [-0.1, -0.05) is 20.8 Å². The van der Waals surface area contributed by atoms with E-state index >= 15 is 0 Å². The second-order valence-electron chi connectivity index (χ2n) is 4.59. The van der Waals surface area contributed by atoms with E-state index in [-0.39, 0.29) is 5.95 Å². The summed E-state index contributed by atoms with van der Waals surface area (Å²) in [6.07, 6.45) is 1.01. The highest BCUT2D eigenvalue weighted by molar-refractivity contribution is 9.10. The van der Waals surface area contributed by atoms with Gasteiger partial charge in [0, 0.05) is 6.61 Å². The van der Waals surface area contributed by atoms with Gasteiger partial charge in [-0.25, -0.2) is 4.68 Å². The molecule has 5 nitrogen and oxygen atoms in total. The molecule has 0 aliphatic rings. The molecular weight excluding hydrogens is 260 g/mol. The van der Waals surface area contributed by atoms with Crippen LogP contribution >= 0.6 is 15.9 Å². The summed E-state index contributed by atoms with van der Waals surface area (Å²) in [7, 11) is 0. The smallest absolute Gasteiger partial charge is 0.240 e. The molecule has 15 heavy (non-hydrogen) atoms. The maximum absolute atomic E-state index is 5.46. The molecule has 6 heteroatoms. The van der Waals surface area contributed by atoms with E-state index in [1.54, 1.807) is 4.68 Å². The predicted molar refractivity (Wildman–Crippen MR) is 62.2 cm³/mol. The first-order chi connectivity index (χ1) is 6.88. The zero-order valence-corrected chi connectivity index (χ0v) is 10.9. The van der Waals surface area contributed by atoms with E-state index in [9.17, 15) is 0 Å². The summed E-state index contributed by atoms with van der Waals surface area (Å²) in [5.74, 6) is 0.251. The molecule has 1 aromatic rings. The highest BCUT2D eigenvalue weighted by Gasteiger charge is 2.10. The molecule has 86 valence electrons. The van der Waals surface area contributed by atoms with Crippen LogP contribution in [0.1, 0.15) is 27.2 Å². The number of nitrogens with zero attached hydrogens (tertiary/aromatic N) is 3. The van der Waals surface area contributed by atoms with Crippen molar-refractivity contribution in [2.45, 2.75) is 33.9 Å². The number of rotatable bonds is 4. The summed E-state index contributed by atoms with van der Waals surface area (Å²) in [6.45, 7) is 7.62. The molecule has 0 aromatic carbocycles. The molecule has 0 spiro atoms. The fourth-order valence-electron chi connectivity index (χ4n) is 0.951. The van der Waals surface area contributed by atoms with Gasteiger partial charge in [0.25, 0.3) is 0 Å². The molecule has 0 bridgehead atoms. The molecule has 0 atom stereocenters. The van der Waals surface area contributed by atoms with Gasteiger partial charge in [0.15, 0.2) is 4.73 Å². The third kappa shape index (κ3) is 4.61. The number of ether oxygens (including phenoxy) is 1. The van der Waals surface area contributed by atoms with Crippen LogP contribution < -0.4 is 5.73 Å². The van der Waals surface area contributed by atoms with Crippen LogP contribution in [0.4, 0.5) is 5.95 Å². The number of hydrogen-bond donors (Lipinski definition) is 1. The highest BCUT2D eigenvalue weighted by atomic mass is 79.9. The minimum atomic E-state index is 0.251. The van der Waals surface area contributed by atoms with Gasteiger partial charge >= 0.3 is 0 Å². The number of nitrogens with two attached hydrogens (primary N) is 1. The van der Waals surface area contributed by atoms with Crippen molar-refractivity contribution in [3.63, 3.8) is 0 Å². The Balaban J connectivity index is 2.29. The van der Waals surface area contributed by atoms with E-state index < -0.39 is 0 Å². The number of halogens is 1. The van der Waals surface area contributed by atoms with Crippen molar-refractivity contribution in [2.24, 2.45) is 5.41 Å². The van der Waals surface area contributed by atoms with Crippen LogP contribution in [0.25, 0.3) is 0 Å². The van der Waals surface area contributed by atoms with Crippen LogP contribution in [0.5, 0.6) is 0 Å². The van der Waals surface area contributed by atoms with E-state index in [0.29, 0.717) is 23.5 Å². The Labute approximate surface area is 98.1 Å². The van der Waals surface area contributed by atoms with Crippen molar-refractivity contribution in [3.8, 4) is 0 Å². The van der Waals surface area contributed by atoms with Crippen molar-refractivity contribution < 1.29 is 4.74 Å². The summed E-state index contributed by atoms with van der Waals surface area (Å²) < 4.78 is 7.64. The zero-order valence-electron chi connectivity index (χ0n) is 9.33. The van der Waals surface area contributed by atoms with E-state index in [1.807, 2.05) is 0 Å². The summed E-state index contributed by atoms with van der Waals surface area (Å²) in [6, 6.07) is 0. The third-order valence-electron chi connectivity index (χ3n) is 1.85. The predicted octanol–water partition coefficient (Wildman–Crippen LogP) is 2.03. The lowest BCUT2D eigenvalue weighted by atomic mass is 9.93. The Kier molecular flexibility index (Phi) is 4.10. The van der Waals surface area contributed by atoms with Crippen LogP contribution in [0, 0.1) is 5.41 Å². The van der Waals surface area contributed by atoms with Crippen molar-refractivity contribution in [3.05, 3.63) is 4.73 Å². The third-order valence-corrected chi connectivity index (χ3v) is 2.44. The number of hydrogen-bond acceptors (Lipinski definition) is 4. The topological polar surface area (TPSA) is 66.0 Å². The van der Waals surface area contributed by atoms with Crippen LogP contribution in [0.15, 0.2) is 4.73 Å². The fourth-order valence-corrected chi connectivity index (χ4v) is 1.31. The molecular formula is C9H17BrN4O. The Morgan fingerprint density at radius 3 is 2.60 bits per heavy atom. The molecule has 0 saturated carbocycles. The van der Waals surface area contributed by atoms with Crippen molar-refractivity contribution in [2.75, 3.05) is 12.3 Å². The van der Waals surface area contributed by atoms with Crippen molar-refractivity contribution >= 4 is 21.9 Å². The number of nitrogen functional groups attached to an aromatic ring is 1. The fraction of sp³-hybridized carbons (Fsp3) is 0.778. The first kappa shape index (κ1) is 12.4. The van der Waals surface area contributed by atoms with Crippen LogP contribution in [0.3, 0.4) is 0 Å². The zero-order chi connectivity index (χ0) is 11.5. The standard InChI is InChI=1S/C9H17BrN4O/c1-9(2,3)4-5-15-6-14-7(10)12-8(11)13-14/h4-6H2,1-3H3,(H2,11,13). The molecule has 1 rings (SSSR count). The molecule has 1 heterocycles. The maximum atomic E-state index is 5.46. The summed E-state index contributed by atoms with van der Waals surface area (Å²) in [4.78, 5) is 3.90. The monoisotopic (exact) mass is 276 g/mol. The summed E-state index contributed by atoms with van der Waals surface area (Å²) in [5, 5.41) is 3.96. The lowest BCUT2D eigenvalue weighted by Crippen LogP contribution is -2.12. The molecule has 0 unspecified atom stereocenters. The van der Waals surface area contributed by atoms with E-state index in [0.717, 1.165) is 6.42 Å². The lowest BCUT2D eigenvalue weighted by Gasteiger charge is -2.17. The van der Waals surface area contributed by atoms with Crippen LogP contribution in [-0.4, -0.2) is 21.4 Å². The first-order valence-electron chi connectivity index (χ1n) is 4.82. The second kappa shape index (κ2) is 4.94. The van der Waals surface area contributed by atoms with Gasteiger partial charge in [0.05, 0.1) is 0 Å². The Bertz CT molecular complexity index is 318.